The van der Waals surface area contributed by atoms with Gasteiger partial charge in [-0.25, -0.2) is 74.7 Å². The van der Waals surface area contributed by atoms with Crippen LogP contribution in [0.2, 0.25) is 0 Å². The van der Waals surface area contributed by atoms with Crippen LogP contribution in [-0.2, 0) is 28.9 Å². The van der Waals surface area contributed by atoms with E-state index in [1.54, 1.807) is 76.4 Å². The van der Waals surface area contributed by atoms with Crippen LogP contribution in [0.4, 0.5) is 0 Å². The predicted octanol–water partition coefficient (Wildman–Crippen LogP) is 7.92. The molecule has 0 fully saturated rings. The van der Waals surface area contributed by atoms with E-state index in [4.69, 9.17) is 16.6 Å². The lowest BCUT2D eigenvalue weighted by molar-refractivity contribution is -0.141. The molecule has 0 saturated heterocycles. The Bertz CT molecular complexity index is 4280. The number of nitrogens with two attached hydrogens (primary N) is 1. The molecule has 0 amide bonds. The number of nitrogens with one attached hydrogen (secondary N) is 5. The molecule has 3 heterocycles. The highest BCUT2D eigenvalue weighted by molar-refractivity contribution is 8.76. The van der Waals surface area contributed by atoms with Crippen LogP contribution in [0.15, 0.2) is 132 Å². The number of guanidine groups is 1. The summed E-state index contributed by atoms with van der Waals surface area (Å²) in [5, 5.41) is 214. The minimum absolute atomic E-state index is 0.0163. The molecule has 2 aliphatic rings. The van der Waals surface area contributed by atoms with Crippen molar-refractivity contribution in [2.24, 2.45) is 82.5 Å². The van der Waals surface area contributed by atoms with E-state index in [1.165, 1.54) is 26.4 Å². The summed E-state index contributed by atoms with van der Waals surface area (Å²) in [7, 11) is 1.71. The Labute approximate surface area is 651 Å². The fourth-order valence-electron chi connectivity index (χ4n) is 11.7. The first-order valence-electron chi connectivity index (χ1n) is 35.8. The summed E-state index contributed by atoms with van der Waals surface area (Å²) in [5.41, 5.74) is 8.43. The lowest BCUT2D eigenvalue weighted by Crippen LogP contribution is -2.35. The van der Waals surface area contributed by atoms with Gasteiger partial charge in [-0.3, -0.25) is 15.6 Å². The zero-order valence-electron chi connectivity index (χ0n) is 62.6. The third kappa shape index (κ3) is 27.3. The molecule has 0 bridgehead atoms. The Hall–Kier alpha value is -11.4. The number of carboxylic acids is 2. The second-order valence-corrected chi connectivity index (χ2v) is 29.4. The standard InChI is InChI=1S/C71H100N20O19S2/c1-8-34(4)56(81-37(7)93)68(107)88-51-31-112-111-30-50(66(105)90-57(36(6)92)70(109)110)87-61(100)45(18-13-23-76-71(73)74)82-63(102)48(25-40-28-75-32-79-40)84-59(98)35(5)80-53(95)29-78-60(99)47(24-39-27-77-44-17-12-11-16-42(39)44)85-64(103)49(26-54(96)97)86-62(101)46(21-22-52(72)94)83-69(108)58(43-20-19-38-14-9-10-15-41(38)43)91-67(106)55(33(2)3)89-65(51)104/h9-12,14-17,27-28,32-36,43,45-51,55-58,77,92H,8,13,18-26,29-31H2,1-7H3,(H2,72,94)(H,75,79)(H,78,99)(H,80,95)(H,81,93)(H,82,102)(H,83,108)(H,84,98)(H,85,103)(H,86,101)(H,87,100)(H,88,107)(H,89,104)(H,90,105)(H,91,106)(H,96,97)(H,109,110)(H4,73,74,76). The van der Waals surface area contributed by atoms with E-state index in [-0.39, 0.29) is 44.4 Å². The van der Waals surface area contributed by atoms with Crippen molar-refractivity contribution in [3.8, 4) is 0 Å². The molecule has 0 saturated carbocycles. The number of H-pyrrole nitrogens is 2. The van der Waals surface area contributed by atoms with Gasteiger partial charge in [-0.2, -0.15) is 0 Å². The van der Waals surface area contributed by atoms with E-state index >= 15 is 0 Å². The normalized spacial score (nSPS) is 24.5. The van der Waals surface area contributed by atoms with Gasteiger partial charge in [0.05, 0.1) is 18.9 Å². The molecule has 112 heavy (non-hydrogen) atoms. The number of fused-ring (bicyclic) bond motifs is 2. The lowest BCUT2D eigenvalue weighted by atomic mass is 9.92. The van der Waals surface area contributed by atoms with Gasteiger partial charge in [-0.05, 0) is 80.5 Å². The van der Waals surface area contributed by atoms with Crippen LogP contribution in [-0.4, -0.2) is 305 Å². The average molecular weight is 1600 g/mol. The molecule has 6 rings (SSSR count). The third-order valence-electron chi connectivity index (χ3n) is 17.8. The van der Waals surface area contributed by atoms with Crippen molar-refractivity contribution < 1.29 is 96.4 Å². The number of aliphatic hydroxyl groups excluding tert-OH is 15. The number of carboxylic acid groups (broad SMARTS) is 2. The van der Waals surface area contributed by atoms with Crippen LogP contribution in [0.5, 0.6) is 0 Å². The molecular formula is C71H100N20O19S2. The molecule has 0 spiro atoms. The SMILES string of the molecule is CCC(C)C(N=C(C)O)C(O)=NC1CSSCC(C(O)=NC(C(=O)O)C(C)O)N=C(O)C(CCCNC(=N)N)N=C(O)C(Cc2cnc[nH]2)N=C(O)C(C)N=C(O)CN=C(O)C(Cc2c[nH]c3ccccc23)N=C(O)C(CC(=O)O)N=C(O)C(CCC(=N)O)N=C(O)C(C2CCc3ccccc32)N=C(O)C(C(C)C)N=C1O. The first-order valence-corrected chi connectivity index (χ1v) is 38.2. The van der Waals surface area contributed by atoms with E-state index < -0.39 is 228 Å². The van der Waals surface area contributed by atoms with Gasteiger partial charge < -0.3 is 108 Å². The molecule has 39 nitrogen and oxygen atoms in total. The number of hydrogen-bond donors (Lipinski definition) is 23. The van der Waals surface area contributed by atoms with Crippen molar-refractivity contribution in [2.75, 3.05) is 24.6 Å². The molecule has 1 aliphatic carbocycles. The maximum Gasteiger partial charge on any atom is 0.331 e. The van der Waals surface area contributed by atoms with Crippen LogP contribution in [0.3, 0.4) is 0 Å². The summed E-state index contributed by atoms with van der Waals surface area (Å²) in [6.07, 6.45) is 0.615. The lowest BCUT2D eigenvalue weighted by Gasteiger charge is -2.24. The summed E-state index contributed by atoms with van der Waals surface area (Å²) >= 11 is 0. The molecule has 2 aromatic carbocycles. The number of imidazole rings is 1. The Kier molecular flexibility index (Phi) is 34.6. The van der Waals surface area contributed by atoms with Crippen molar-refractivity contribution in [1.29, 1.82) is 10.8 Å². The Morgan fingerprint density at radius 1 is 0.688 bits per heavy atom. The van der Waals surface area contributed by atoms with Crippen LogP contribution in [0, 0.1) is 22.7 Å². The molecule has 2 aromatic heterocycles. The maximum absolute atomic E-state index is 12.7. The topological polar surface area (TPSA) is 669 Å². The third-order valence-corrected chi connectivity index (χ3v) is 20.2. The Morgan fingerprint density at radius 3 is 1.96 bits per heavy atom. The number of aliphatic imine (C=N–C) groups is 13. The quantitative estimate of drug-likeness (QED) is 0.0137. The number of aliphatic hydroxyl groups is 15. The molecule has 41 heteroatoms. The summed E-state index contributed by atoms with van der Waals surface area (Å²) < 4.78 is 0. The molecule has 15 atom stereocenters. The Morgan fingerprint density at radius 2 is 1.31 bits per heavy atom. The largest absolute Gasteiger partial charge is 0.497 e. The predicted molar refractivity (Wildman–Crippen MR) is 434 cm³/mol. The summed E-state index contributed by atoms with van der Waals surface area (Å²) in [4.78, 5) is 90.6. The molecule has 24 N–H and O–H groups in total. The molecule has 4 aromatic rings. The van der Waals surface area contributed by atoms with Crippen molar-refractivity contribution >= 4 is 133 Å². The van der Waals surface area contributed by atoms with E-state index in [2.05, 4.69) is 85.2 Å². The number of rotatable bonds is 24. The van der Waals surface area contributed by atoms with E-state index in [1.807, 2.05) is 6.07 Å². The van der Waals surface area contributed by atoms with Gasteiger partial charge in [-0.15, -0.1) is 0 Å². The van der Waals surface area contributed by atoms with E-state index in [0.717, 1.165) is 34.1 Å². The fraction of sp³-hybridized carbons (Fsp3) is 0.521. The van der Waals surface area contributed by atoms with Crippen LogP contribution in [0.25, 0.3) is 10.9 Å². The number of aromatic amines is 2. The van der Waals surface area contributed by atoms with Crippen molar-refractivity contribution in [3.63, 3.8) is 0 Å². The van der Waals surface area contributed by atoms with E-state index in [9.17, 15) is 96.4 Å². The van der Waals surface area contributed by atoms with Gasteiger partial charge in [0.2, 0.25) is 70.8 Å². The first-order chi connectivity index (χ1) is 53.0. The average Bonchev–Trinajstić information content (AvgIpc) is 1.62. The van der Waals surface area contributed by atoms with Gasteiger partial charge >= 0.3 is 11.9 Å². The van der Waals surface area contributed by atoms with Crippen LogP contribution in [0.1, 0.15) is 122 Å². The zero-order chi connectivity index (χ0) is 82.6. The number of para-hydroxylation sites is 1. The molecule has 0 radical (unpaired) electrons. The molecule has 1 aliphatic heterocycles. The molecule has 610 valence electrons. The number of aromatic nitrogens is 3. The molecule has 15 unspecified atom stereocenters. The van der Waals surface area contributed by atoms with Gasteiger partial charge in [0.15, 0.2) is 23.8 Å². The highest BCUT2D eigenvalue weighted by Gasteiger charge is 2.38. The number of aliphatic carboxylic acids is 2. The van der Waals surface area contributed by atoms with Gasteiger partial charge in [0.1, 0.15) is 73.0 Å². The zero-order valence-corrected chi connectivity index (χ0v) is 64.2. The number of hydrogen-bond acceptors (Lipinski definition) is 21. The number of nitrogens with zero attached hydrogens (tertiary/aromatic N) is 14. The van der Waals surface area contributed by atoms with Gasteiger partial charge in [-0.1, -0.05) is 98.2 Å². The summed E-state index contributed by atoms with van der Waals surface area (Å²) in [6, 6.07) is -5.81. The van der Waals surface area contributed by atoms with Crippen LogP contribution < -0.4 is 11.1 Å². The summed E-state index contributed by atoms with van der Waals surface area (Å²) in [5.74, 6) is -18.9. The monoisotopic (exact) mass is 1600 g/mol. The van der Waals surface area contributed by atoms with Gasteiger partial charge in [0, 0.05) is 79.1 Å². The molecular weight excluding hydrogens is 1500 g/mol. The number of carbonyl (C=O) groups is 2. The fourth-order valence-corrected chi connectivity index (χ4v) is 13.9. The second-order valence-electron chi connectivity index (χ2n) is 26.9. The Balaban J connectivity index is 1.65. The number of aryl methyl sites for hydroxylation is 1. The second kappa shape index (κ2) is 43.3. The van der Waals surface area contributed by atoms with E-state index in [0.29, 0.717) is 40.6 Å². The highest BCUT2D eigenvalue weighted by Crippen LogP contribution is 2.38. The number of benzene rings is 2. The van der Waals surface area contributed by atoms with Gasteiger partial charge in [0.25, 0.3) is 0 Å². The maximum atomic E-state index is 12.7. The smallest absolute Gasteiger partial charge is 0.331 e. The van der Waals surface area contributed by atoms with Crippen molar-refractivity contribution in [1.82, 2.24) is 20.3 Å². The minimum atomic E-state index is -2.02. The highest BCUT2D eigenvalue weighted by atomic mass is 33.1. The van der Waals surface area contributed by atoms with Crippen LogP contribution >= 0.6 is 21.6 Å². The first kappa shape index (κ1) is 89.5. The van der Waals surface area contributed by atoms with Crippen molar-refractivity contribution in [2.45, 2.75) is 197 Å². The summed E-state index contributed by atoms with van der Waals surface area (Å²) in [6.45, 7) is 9.41. The minimum Gasteiger partial charge on any atom is -0.497 e. The van der Waals surface area contributed by atoms with Crippen molar-refractivity contribution in [3.05, 3.63) is 89.6 Å².